The summed E-state index contributed by atoms with van der Waals surface area (Å²) in [5.74, 6) is -5.30. The summed E-state index contributed by atoms with van der Waals surface area (Å²) < 4.78 is 40.4. The molecule has 0 aliphatic carbocycles. The van der Waals surface area contributed by atoms with Crippen LogP contribution in [-0.4, -0.2) is 105 Å². The highest BCUT2D eigenvalue weighted by molar-refractivity contribution is 5.91. The number of carbonyl (C=O) groups is 6. The molecule has 55 heavy (non-hydrogen) atoms. The molecular weight excluding hydrogens is 718 g/mol. The molecular formula is C40H37NO14. The third-order valence-corrected chi connectivity index (χ3v) is 7.91. The van der Waals surface area contributed by atoms with E-state index in [0.717, 1.165) is 0 Å². The number of esters is 4. The Labute approximate surface area is 315 Å². The van der Waals surface area contributed by atoms with E-state index in [2.05, 4.69) is 5.32 Å². The van der Waals surface area contributed by atoms with E-state index in [1.807, 2.05) is 0 Å². The molecule has 5 rings (SSSR count). The zero-order valence-corrected chi connectivity index (χ0v) is 29.2. The fourth-order valence-corrected chi connectivity index (χ4v) is 5.29. The average Bonchev–Trinajstić information content (AvgIpc) is 3.21. The highest BCUT2D eigenvalue weighted by atomic mass is 16.7. The van der Waals surface area contributed by atoms with Crippen molar-refractivity contribution in [3.63, 3.8) is 0 Å². The van der Waals surface area contributed by atoms with Crippen molar-refractivity contribution in [3.05, 3.63) is 144 Å². The number of hydrogen-bond acceptors (Lipinski definition) is 13. The maximum absolute atomic E-state index is 13.7. The molecule has 1 saturated heterocycles. The van der Waals surface area contributed by atoms with Gasteiger partial charge in [0.25, 0.3) is 0 Å². The summed E-state index contributed by atoms with van der Waals surface area (Å²) in [6, 6.07) is 31.6. The number of rotatable bonds is 17. The van der Waals surface area contributed by atoms with Crippen LogP contribution < -0.4 is 5.32 Å². The Bertz CT molecular complexity index is 1890. The summed E-state index contributed by atoms with van der Waals surface area (Å²) in [6.07, 6.45) is -8.03. The molecule has 0 bridgehead atoms. The molecule has 5 atom stereocenters. The maximum atomic E-state index is 13.7. The molecule has 1 fully saturated rings. The lowest BCUT2D eigenvalue weighted by Crippen LogP contribution is -2.63. The predicted octanol–water partition coefficient (Wildman–Crippen LogP) is 3.48. The van der Waals surface area contributed by atoms with Gasteiger partial charge in [0, 0.05) is 6.54 Å². The van der Waals surface area contributed by atoms with Crippen LogP contribution in [0, 0.1) is 0 Å². The van der Waals surface area contributed by atoms with Crippen LogP contribution in [0.5, 0.6) is 0 Å². The molecule has 1 aliphatic rings. The molecule has 2 N–H and O–H groups in total. The first kappa shape index (κ1) is 39.8. The number of carboxylic acids is 1. The van der Waals surface area contributed by atoms with Crippen molar-refractivity contribution < 1.29 is 67.0 Å². The van der Waals surface area contributed by atoms with E-state index in [1.165, 1.54) is 48.5 Å². The van der Waals surface area contributed by atoms with Crippen molar-refractivity contribution in [2.24, 2.45) is 0 Å². The molecule has 0 spiro atoms. The van der Waals surface area contributed by atoms with E-state index in [4.69, 9.17) is 38.3 Å². The molecule has 4 aromatic rings. The fraction of sp³-hybridized carbons (Fsp3) is 0.250. The summed E-state index contributed by atoms with van der Waals surface area (Å²) in [5, 5.41) is 11.3. The second kappa shape index (κ2) is 20.1. The van der Waals surface area contributed by atoms with Crippen LogP contribution in [0.3, 0.4) is 0 Å². The van der Waals surface area contributed by atoms with Crippen LogP contribution in [0.4, 0.5) is 0 Å². The summed E-state index contributed by atoms with van der Waals surface area (Å²) in [4.78, 5) is 77.4. The molecule has 286 valence electrons. The molecule has 15 nitrogen and oxygen atoms in total. The normalized spacial score (nSPS) is 18.9. The van der Waals surface area contributed by atoms with Crippen LogP contribution in [-0.2, 0) is 42.7 Å². The fourth-order valence-electron chi connectivity index (χ4n) is 5.29. The van der Waals surface area contributed by atoms with Crippen molar-refractivity contribution in [3.8, 4) is 0 Å². The Morgan fingerprint density at radius 1 is 0.564 bits per heavy atom. The first-order valence-electron chi connectivity index (χ1n) is 17.0. The first-order valence-corrected chi connectivity index (χ1v) is 17.0. The van der Waals surface area contributed by atoms with Crippen molar-refractivity contribution in [2.45, 2.75) is 30.7 Å². The van der Waals surface area contributed by atoms with E-state index < -0.39 is 86.3 Å². The van der Waals surface area contributed by atoms with Gasteiger partial charge >= 0.3 is 29.8 Å². The monoisotopic (exact) mass is 755 g/mol. The Hall–Kier alpha value is -6.42. The van der Waals surface area contributed by atoms with Crippen LogP contribution in [0.1, 0.15) is 41.4 Å². The van der Waals surface area contributed by atoms with Crippen LogP contribution in [0.25, 0.3) is 0 Å². The minimum absolute atomic E-state index is 0.0691. The minimum Gasteiger partial charge on any atom is -0.480 e. The van der Waals surface area contributed by atoms with Crippen molar-refractivity contribution in [2.75, 3.05) is 33.0 Å². The molecule has 2 unspecified atom stereocenters. The van der Waals surface area contributed by atoms with E-state index in [-0.39, 0.29) is 35.4 Å². The highest BCUT2D eigenvalue weighted by Gasteiger charge is 2.54. The number of ether oxygens (including phenoxy) is 7. The zero-order chi connectivity index (χ0) is 39.0. The van der Waals surface area contributed by atoms with Gasteiger partial charge in [0.1, 0.15) is 25.9 Å². The standard InChI is InChI=1S/C40H37NO14/c42-31(41-21-22-49-25-32(43)44)24-51-40-35(55-39(48)29-19-11-4-12-20-29)34(54-38(47)28-17-9-3-10-18-28)33(53-37(46)27-15-7-2-8-16-27)30(52-40)23-50-36(45)26-13-5-1-6-14-26/h1-20,30,33-35,40H,21-25H2,(H,41,42)(H,43,44)/t30?,33-,34-,35?,40+/m1/s1. The molecule has 15 heteroatoms. The SMILES string of the molecule is O=C(O)COCCNC(=O)CO[C@H]1OC(COC(=O)c2ccccc2)[C@@H](OC(=O)c2ccccc2)[C@@H](OC(=O)c2ccccc2)C1OC(=O)c1ccccc1. The van der Waals surface area contributed by atoms with Crippen molar-refractivity contribution in [1.82, 2.24) is 5.32 Å². The van der Waals surface area contributed by atoms with Gasteiger partial charge in [0.2, 0.25) is 5.91 Å². The molecule has 1 aliphatic heterocycles. The van der Waals surface area contributed by atoms with Gasteiger partial charge in [-0.15, -0.1) is 0 Å². The third-order valence-electron chi connectivity index (χ3n) is 7.91. The van der Waals surface area contributed by atoms with E-state index >= 15 is 0 Å². The van der Waals surface area contributed by atoms with Gasteiger partial charge in [0.15, 0.2) is 24.6 Å². The van der Waals surface area contributed by atoms with Crippen molar-refractivity contribution >= 4 is 35.8 Å². The van der Waals surface area contributed by atoms with Gasteiger partial charge in [-0.2, -0.15) is 0 Å². The number of benzene rings is 4. The minimum atomic E-state index is -1.68. The van der Waals surface area contributed by atoms with Gasteiger partial charge in [-0.3, -0.25) is 4.79 Å². The maximum Gasteiger partial charge on any atom is 0.338 e. The molecule has 1 heterocycles. The van der Waals surface area contributed by atoms with Crippen molar-refractivity contribution in [1.29, 1.82) is 0 Å². The summed E-state index contributed by atoms with van der Waals surface area (Å²) >= 11 is 0. The molecule has 0 aromatic heterocycles. The lowest BCUT2D eigenvalue weighted by atomic mass is 9.97. The Morgan fingerprint density at radius 3 is 1.47 bits per heavy atom. The van der Waals surface area contributed by atoms with Gasteiger partial charge < -0.3 is 43.6 Å². The number of carbonyl (C=O) groups excluding carboxylic acids is 5. The molecule has 0 radical (unpaired) electrons. The van der Waals surface area contributed by atoms with Crippen LogP contribution in [0.2, 0.25) is 0 Å². The quantitative estimate of drug-likeness (QED) is 0.0902. The smallest absolute Gasteiger partial charge is 0.338 e. The largest absolute Gasteiger partial charge is 0.480 e. The topological polar surface area (TPSA) is 199 Å². The molecule has 1 amide bonds. The lowest BCUT2D eigenvalue weighted by Gasteiger charge is -2.44. The molecule has 0 saturated carbocycles. The average molecular weight is 756 g/mol. The Morgan fingerprint density at radius 2 is 1.00 bits per heavy atom. The number of nitrogens with one attached hydrogen (secondary N) is 1. The number of amides is 1. The summed E-state index contributed by atoms with van der Waals surface area (Å²) in [7, 11) is 0. The first-order chi connectivity index (χ1) is 26.7. The van der Waals surface area contributed by atoms with Gasteiger partial charge in [-0.25, -0.2) is 24.0 Å². The predicted molar refractivity (Wildman–Crippen MR) is 190 cm³/mol. The zero-order valence-electron chi connectivity index (χ0n) is 29.2. The number of carboxylic acid groups (broad SMARTS) is 1. The Kier molecular flexibility index (Phi) is 14.6. The van der Waals surface area contributed by atoms with Gasteiger partial charge in [-0.1, -0.05) is 72.8 Å². The van der Waals surface area contributed by atoms with Gasteiger partial charge in [-0.05, 0) is 48.5 Å². The van der Waals surface area contributed by atoms with Crippen LogP contribution in [0.15, 0.2) is 121 Å². The van der Waals surface area contributed by atoms with Gasteiger partial charge in [0.05, 0.1) is 28.9 Å². The summed E-state index contributed by atoms with van der Waals surface area (Å²) in [5.41, 5.74) is 0.528. The third kappa shape index (κ3) is 11.8. The van der Waals surface area contributed by atoms with E-state index in [0.29, 0.717) is 0 Å². The lowest BCUT2D eigenvalue weighted by molar-refractivity contribution is -0.296. The second-order valence-corrected chi connectivity index (χ2v) is 11.8. The highest BCUT2D eigenvalue weighted by Crippen LogP contribution is 2.32. The van der Waals surface area contributed by atoms with Crippen LogP contribution >= 0.6 is 0 Å². The molecule has 4 aromatic carbocycles. The second-order valence-electron chi connectivity index (χ2n) is 11.8. The number of aliphatic carboxylic acids is 1. The summed E-state index contributed by atoms with van der Waals surface area (Å²) in [6.45, 7) is -2.03. The number of hydrogen-bond donors (Lipinski definition) is 2. The van der Waals surface area contributed by atoms with E-state index in [9.17, 15) is 28.8 Å². The van der Waals surface area contributed by atoms with E-state index in [1.54, 1.807) is 72.8 Å². The Balaban J connectivity index is 1.49.